The monoisotopic (exact) mass is 281 g/mol. The Morgan fingerprint density at radius 1 is 1.25 bits per heavy atom. The van der Waals surface area contributed by atoms with Crippen molar-refractivity contribution in [2.75, 3.05) is 13.2 Å². The van der Waals surface area contributed by atoms with Gasteiger partial charge in [0.2, 0.25) is 6.10 Å². The maximum atomic E-state index is 12.9. The number of hydrogen-bond donors (Lipinski definition) is 1. The molecule has 0 aliphatic carbocycles. The molecule has 1 aliphatic rings. The van der Waals surface area contributed by atoms with Crippen LogP contribution in [0.4, 0.5) is 4.39 Å². The lowest BCUT2D eigenvalue weighted by Crippen LogP contribution is -2.31. The maximum Gasteiger partial charge on any atom is 0.310 e. The van der Waals surface area contributed by atoms with Gasteiger partial charge in [-0.05, 0) is 25.0 Å². The van der Waals surface area contributed by atoms with Crippen molar-refractivity contribution >= 4 is 11.9 Å². The molecule has 0 saturated carbocycles. The van der Waals surface area contributed by atoms with Crippen LogP contribution in [0.1, 0.15) is 24.5 Å². The van der Waals surface area contributed by atoms with E-state index in [0.717, 1.165) is 0 Å². The van der Waals surface area contributed by atoms with E-state index in [1.807, 2.05) is 0 Å². The molecule has 5 nitrogen and oxygen atoms in total. The second-order valence-electron chi connectivity index (χ2n) is 4.66. The van der Waals surface area contributed by atoms with Crippen LogP contribution in [0.3, 0.4) is 0 Å². The number of rotatable bonds is 4. The van der Waals surface area contributed by atoms with Crippen LogP contribution in [0.2, 0.25) is 0 Å². The summed E-state index contributed by atoms with van der Waals surface area (Å²) in [4.78, 5) is 23.4. The Labute approximate surface area is 115 Å². The van der Waals surface area contributed by atoms with Gasteiger partial charge in [-0.2, -0.15) is 0 Å². The first-order valence-corrected chi connectivity index (χ1v) is 6.41. The molecular weight excluding hydrogens is 265 g/mol. The van der Waals surface area contributed by atoms with Gasteiger partial charge in [0, 0.05) is 18.8 Å². The van der Waals surface area contributed by atoms with E-state index in [4.69, 9.17) is 15.2 Å². The summed E-state index contributed by atoms with van der Waals surface area (Å²) in [5, 5.41) is 0. The second-order valence-corrected chi connectivity index (χ2v) is 4.66. The smallest absolute Gasteiger partial charge is 0.310 e. The summed E-state index contributed by atoms with van der Waals surface area (Å²) in [5.74, 6) is -1.97. The molecule has 1 fully saturated rings. The maximum absolute atomic E-state index is 12.9. The Balaban J connectivity index is 2.07. The molecule has 1 aromatic rings. The van der Waals surface area contributed by atoms with Gasteiger partial charge < -0.3 is 15.2 Å². The number of nitrogens with two attached hydrogens (primary N) is 1. The highest BCUT2D eigenvalue weighted by atomic mass is 19.1. The van der Waals surface area contributed by atoms with E-state index in [2.05, 4.69) is 0 Å². The van der Waals surface area contributed by atoms with E-state index in [0.29, 0.717) is 31.6 Å². The lowest BCUT2D eigenvalue weighted by atomic mass is 10.0. The van der Waals surface area contributed by atoms with Crippen molar-refractivity contribution in [2.24, 2.45) is 11.7 Å². The Bertz CT molecular complexity index is 482. The highest BCUT2D eigenvalue weighted by Gasteiger charge is 2.28. The summed E-state index contributed by atoms with van der Waals surface area (Å²) >= 11 is 0. The highest BCUT2D eigenvalue weighted by Crippen LogP contribution is 2.23. The van der Waals surface area contributed by atoms with Crippen molar-refractivity contribution in [1.82, 2.24) is 0 Å². The summed E-state index contributed by atoms with van der Waals surface area (Å²) in [5.41, 5.74) is 5.61. The van der Waals surface area contributed by atoms with Crippen molar-refractivity contribution < 1.29 is 23.5 Å². The summed E-state index contributed by atoms with van der Waals surface area (Å²) < 4.78 is 23.2. The third-order valence-corrected chi connectivity index (χ3v) is 3.22. The third kappa shape index (κ3) is 3.54. The van der Waals surface area contributed by atoms with Gasteiger partial charge in [0.25, 0.3) is 5.91 Å². The summed E-state index contributed by atoms with van der Waals surface area (Å²) in [6.07, 6.45) is -0.0625. The number of carbonyl (C=O) groups is 2. The molecule has 1 heterocycles. The number of esters is 1. The Morgan fingerprint density at radius 2 is 1.85 bits per heavy atom. The van der Waals surface area contributed by atoms with E-state index in [1.165, 1.54) is 24.3 Å². The van der Waals surface area contributed by atoms with Crippen molar-refractivity contribution in [2.45, 2.75) is 18.9 Å². The molecule has 1 atom stereocenters. The van der Waals surface area contributed by atoms with Gasteiger partial charge >= 0.3 is 5.97 Å². The molecule has 0 bridgehead atoms. The van der Waals surface area contributed by atoms with Crippen LogP contribution in [0.25, 0.3) is 0 Å². The molecule has 1 saturated heterocycles. The normalized spacial score (nSPS) is 17.4. The molecule has 2 N–H and O–H groups in total. The van der Waals surface area contributed by atoms with Crippen molar-refractivity contribution in [3.8, 4) is 0 Å². The van der Waals surface area contributed by atoms with Gasteiger partial charge in [-0.15, -0.1) is 0 Å². The largest absolute Gasteiger partial charge is 0.447 e. The first-order valence-electron chi connectivity index (χ1n) is 6.41. The molecule has 108 valence electrons. The van der Waals surface area contributed by atoms with Gasteiger partial charge in [0.15, 0.2) is 0 Å². The van der Waals surface area contributed by atoms with E-state index >= 15 is 0 Å². The predicted octanol–water partition coefficient (Wildman–Crippen LogP) is 1.32. The second kappa shape index (κ2) is 6.47. The van der Waals surface area contributed by atoms with Gasteiger partial charge in [-0.1, -0.05) is 12.1 Å². The van der Waals surface area contributed by atoms with Crippen molar-refractivity contribution in [3.63, 3.8) is 0 Å². The van der Waals surface area contributed by atoms with Crippen LogP contribution < -0.4 is 5.73 Å². The predicted molar refractivity (Wildman–Crippen MR) is 68.0 cm³/mol. The van der Waals surface area contributed by atoms with Crippen molar-refractivity contribution in [1.29, 1.82) is 0 Å². The molecule has 0 radical (unpaired) electrons. The molecule has 1 aliphatic heterocycles. The molecule has 1 unspecified atom stereocenters. The van der Waals surface area contributed by atoms with E-state index < -0.39 is 23.8 Å². The van der Waals surface area contributed by atoms with Gasteiger partial charge in [-0.3, -0.25) is 9.59 Å². The molecule has 6 heteroatoms. The summed E-state index contributed by atoms with van der Waals surface area (Å²) in [6.45, 7) is 0.995. The minimum Gasteiger partial charge on any atom is -0.447 e. The number of hydrogen-bond acceptors (Lipinski definition) is 4. The van der Waals surface area contributed by atoms with E-state index in [-0.39, 0.29) is 5.92 Å². The fourth-order valence-corrected chi connectivity index (χ4v) is 2.07. The lowest BCUT2D eigenvalue weighted by Gasteiger charge is -2.23. The van der Waals surface area contributed by atoms with Gasteiger partial charge in [0.1, 0.15) is 5.82 Å². The molecular formula is C14H16FNO4. The number of carbonyl (C=O) groups excluding carboxylic acids is 2. The number of benzene rings is 1. The molecule has 20 heavy (non-hydrogen) atoms. The molecule has 0 spiro atoms. The fourth-order valence-electron chi connectivity index (χ4n) is 2.07. The third-order valence-electron chi connectivity index (χ3n) is 3.22. The fraction of sp³-hybridized carbons (Fsp3) is 0.429. The SMILES string of the molecule is NC(=O)C(OC(=O)C1CCOCC1)c1ccc(F)cc1. The minimum absolute atomic E-state index is 0.286. The molecule has 1 amide bonds. The average Bonchev–Trinajstić information content (AvgIpc) is 2.46. The molecule has 1 aromatic carbocycles. The van der Waals surface area contributed by atoms with E-state index in [9.17, 15) is 14.0 Å². The van der Waals surface area contributed by atoms with Gasteiger partial charge in [-0.25, -0.2) is 4.39 Å². The first kappa shape index (κ1) is 14.5. The number of amides is 1. The Kier molecular flexibility index (Phi) is 4.68. The standard InChI is InChI=1S/C14H16FNO4/c15-11-3-1-9(2-4-11)12(13(16)17)20-14(18)10-5-7-19-8-6-10/h1-4,10,12H,5-8H2,(H2,16,17). The number of halogens is 1. The van der Waals surface area contributed by atoms with Gasteiger partial charge in [0.05, 0.1) is 5.92 Å². The van der Waals surface area contributed by atoms with E-state index in [1.54, 1.807) is 0 Å². The zero-order chi connectivity index (χ0) is 14.5. The quantitative estimate of drug-likeness (QED) is 0.844. The van der Waals surface area contributed by atoms with Crippen LogP contribution in [-0.4, -0.2) is 25.1 Å². The van der Waals surface area contributed by atoms with Crippen LogP contribution in [0.15, 0.2) is 24.3 Å². The zero-order valence-corrected chi connectivity index (χ0v) is 10.9. The minimum atomic E-state index is -1.19. The average molecular weight is 281 g/mol. The Hall–Kier alpha value is -1.95. The van der Waals surface area contributed by atoms with Crippen LogP contribution in [0, 0.1) is 11.7 Å². The highest BCUT2D eigenvalue weighted by molar-refractivity contribution is 5.84. The topological polar surface area (TPSA) is 78.6 Å². The Morgan fingerprint density at radius 3 is 2.40 bits per heavy atom. The molecule has 0 aromatic heterocycles. The van der Waals surface area contributed by atoms with Crippen LogP contribution in [0.5, 0.6) is 0 Å². The zero-order valence-electron chi connectivity index (χ0n) is 10.9. The van der Waals surface area contributed by atoms with Crippen molar-refractivity contribution in [3.05, 3.63) is 35.6 Å². The first-order chi connectivity index (χ1) is 9.58. The molecule has 2 rings (SSSR count). The van der Waals surface area contributed by atoms with Crippen LogP contribution >= 0.6 is 0 Å². The summed E-state index contributed by atoms with van der Waals surface area (Å²) in [6, 6.07) is 5.13. The number of primary amides is 1. The lowest BCUT2D eigenvalue weighted by molar-refractivity contribution is -0.162. The van der Waals surface area contributed by atoms with Crippen LogP contribution in [-0.2, 0) is 19.1 Å². The number of ether oxygens (including phenoxy) is 2. The summed E-state index contributed by atoms with van der Waals surface area (Å²) in [7, 11) is 0.